The number of aromatic nitrogens is 2. The molecule has 2 aromatic rings. The van der Waals surface area contributed by atoms with E-state index in [1.165, 1.54) is 11.1 Å². The van der Waals surface area contributed by atoms with E-state index in [-0.39, 0.29) is 5.69 Å². The fraction of sp³-hybridized carbons (Fsp3) is 0.250. The zero-order chi connectivity index (χ0) is 11.0. The van der Waals surface area contributed by atoms with E-state index in [1.54, 1.807) is 0 Å². The summed E-state index contributed by atoms with van der Waals surface area (Å²) in [5.41, 5.74) is 5.10. The first kappa shape index (κ1) is 9.77. The minimum Gasteiger partial charge on any atom is -0.310 e. The van der Waals surface area contributed by atoms with Crippen LogP contribution in [0.2, 0.25) is 0 Å². The van der Waals surface area contributed by atoms with Gasteiger partial charge in [0.15, 0.2) is 0 Å². The Morgan fingerprint density at radius 1 is 1.07 bits per heavy atom. The van der Waals surface area contributed by atoms with E-state index in [0.29, 0.717) is 0 Å². The summed E-state index contributed by atoms with van der Waals surface area (Å²) < 4.78 is 0. The number of benzene rings is 1. The molecule has 3 heteroatoms. The molecule has 0 unspecified atom stereocenters. The highest BCUT2D eigenvalue weighted by Gasteiger charge is 2.07. The van der Waals surface area contributed by atoms with Crippen LogP contribution in [0, 0.1) is 20.8 Å². The fourth-order valence-electron chi connectivity index (χ4n) is 1.83. The molecular formula is C12H14N2O. The third-order valence-electron chi connectivity index (χ3n) is 2.57. The van der Waals surface area contributed by atoms with E-state index >= 15 is 0 Å². The summed E-state index contributed by atoms with van der Waals surface area (Å²) in [4.78, 5) is 16.7. The van der Waals surface area contributed by atoms with E-state index in [1.807, 2.05) is 26.0 Å². The number of nitrogens with one attached hydrogen (secondary N) is 2. The standard InChI is InChI=1S/C12H14N2O/c1-7-4-5-10(8(2)6-7)11-9(3)13-12(15)14-11/h4-6H,1-3H3,(H2,13,14,15). The minimum absolute atomic E-state index is 0.150. The molecule has 0 saturated carbocycles. The Morgan fingerprint density at radius 2 is 1.80 bits per heavy atom. The second-order valence-corrected chi connectivity index (χ2v) is 3.90. The van der Waals surface area contributed by atoms with Crippen LogP contribution in [0.3, 0.4) is 0 Å². The molecule has 0 aliphatic heterocycles. The molecule has 0 saturated heterocycles. The molecule has 0 spiro atoms. The first-order valence-corrected chi connectivity index (χ1v) is 4.94. The Balaban J connectivity index is 2.64. The van der Waals surface area contributed by atoms with Gasteiger partial charge in [-0.05, 0) is 26.3 Å². The lowest BCUT2D eigenvalue weighted by Crippen LogP contribution is -2.00. The van der Waals surface area contributed by atoms with Gasteiger partial charge in [0.1, 0.15) is 0 Å². The molecule has 2 rings (SSSR count). The fourth-order valence-corrected chi connectivity index (χ4v) is 1.83. The van der Waals surface area contributed by atoms with Crippen molar-refractivity contribution in [3.8, 4) is 11.3 Å². The van der Waals surface area contributed by atoms with Gasteiger partial charge in [0.2, 0.25) is 0 Å². The first-order chi connectivity index (χ1) is 7.08. The predicted molar refractivity (Wildman–Crippen MR) is 61.1 cm³/mol. The van der Waals surface area contributed by atoms with Crippen molar-refractivity contribution in [3.05, 3.63) is 45.5 Å². The van der Waals surface area contributed by atoms with Gasteiger partial charge in [-0.2, -0.15) is 0 Å². The Hall–Kier alpha value is -1.77. The van der Waals surface area contributed by atoms with Crippen molar-refractivity contribution in [3.63, 3.8) is 0 Å². The molecule has 0 bridgehead atoms. The van der Waals surface area contributed by atoms with Crippen molar-refractivity contribution in [2.24, 2.45) is 0 Å². The lowest BCUT2D eigenvalue weighted by Gasteiger charge is -2.05. The highest BCUT2D eigenvalue weighted by molar-refractivity contribution is 5.65. The summed E-state index contributed by atoms with van der Waals surface area (Å²) in [6, 6.07) is 6.20. The van der Waals surface area contributed by atoms with Crippen LogP contribution in [0.15, 0.2) is 23.0 Å². The number of aryl methyl sites for hydroxylation is 3. The maximum atomic E-state index is 11.2. The van der Waals surface area contributed by atoms with Gasteiger partial charge >= 0.3 is 5.69 Å². The van der Waals surface area contributed by atoms with Gasteiger partial charge in [-0.15, -0.1) is 0 Å². The van der Waals surface area contributed by atoms with Crippen LogP contribution in [-0.4, -0.2) is 9.97 Å². The van der Waals surface area contributed by atoms with Gasteiger partial charge in [-0.25, -0.2) is 4.79 Å². The number of hydrogen-bond donors (Lipinski definition) is 2. The molecule has 1 aromatic heterocycles. The van der Waals surface area contributed by atoms with Crippen LogP contribution >= 0.6 is 0 Å². The van der Waals surface area contributed by atoms with Crippen LogP contribution < -0.4 is 5.69 Å². The predicted octanol–water partition coefficient (Wildman–Crippen LogP) is 2.30. The summed E-state index contributed by atoms with van der Waals surface area (Å²) in [5.74, 6) is 0. The average Bonchev–Trinajstić information content (AvgIpc) is 2.45. The molecule has 2 N–H and O–H groups in total. The van der Waals surface area contributed by atoms with Crippen molar-refractivity contribution in [2.75, 3.05) is 0 Å². The summed E-state index contributed by atoms with van der Waals surface area (Å²) in [5, 5.41) is 0. The van der Waals surface area contributed by atoms with E-state index < -0.39 is 0 Å². The molecule has 0 aliphatic rings. The zero-order valence-corrected chi connectivity index (χ0v) is 9.14. The molecule has 0 atom stereocenters. The maximum Gasteiger partial charge on any atom is 0.323 e. The number of H-pyrrole nitrogens is 2. The zero-order valence-electron chi connectivity index (χ0n) is 9.14. The molecule has 0 radical (unpaired) electrons. The molecule has 1 aromatic carbocycles. The van der Waals surface area contributed by atoms with Crippen LogP contribution in [-0.2, 0) is 0 Å². The van der Waals surface area contributed by atoms with E-state index in [0.717, 1.165) is 17.0 Å². The molecule has 15 heavy (non-hydrogen) atoms. The SMILES string of the molecule is Cc1ccc(-c2[nH]c(=O)[nH]c2C)c(C)c1. The van der Waals surface area contributed by atoms with Gasteiger partial charge in [-0.3, -0.25) is 0 Å². The molecule has 0 fully saturated rings. The molecule has 1 heterocycles. The van der Waals surface area contributed by atoms with Crippen molar-refractivity contribution < 1.29 is 0 Å². The first-order valence-electron chi connectivity index (χ1n) is 4.94. The van der Waals surface area contributed by atoms with Gasteiger partial charge in [0, 0.05) is 11.3 Å². The average molecular weight is 202 g/mol. The van der Waals surface area contributed by atoms with Crippen LogP contribution in [0.25, 0.3) is 11.3 Å². The summed E-state index contributed by atoms with van der Waals surface area (Å²) >= 11 is 0. The number of hydrogen-bond acceptors (Lipinski definition) is 1. The monoisotopic (exact) mass is 202 g/mol. The Kier molecular flexibility index (Phi) is 2.23. The van der Waals surface area contributed by atoms with E-state index in [9.17, 15) is 4.79 Å². The minimum atomic E-state index is -0.150. The Labute approximate surface area is 88.2 Å². The maximum absolute atomic E-state index is 11.2. The molecule has 0 amide bonds. The van der Waals surface area contributed by atoms with Crippen molar-refractivity contribution >= 4 is 0 Å². The number of aromatic amines is 2. The van der Waals surface area contributed by atoms with E-state index in [4.69, 9.17) is 0 Å². The van der Waals surface area contributed by atoms with Gasteiger partial charge < -0.3 is 9.97 Å². The second kappa shape index (κ2) is 3.42. The van der Waals surface area contributed by atoms with Gasteiger partial charge in [0.05, 0.1) is 5.69 Å². The third-order valence-corrected chi connectivity index (χ3v) is 2.57. The van der Waals surface area contributed by atoms with Gasteiger partial charge in [-0.1, -0.05) is 23.8 Å². The lowest BCUT2D eigenvalue weighted by molar-refractivity contribution is 1.16. The van der Waals surface area contributed by atoms with Crippen LogP contribution in [0.5, 0.6) is 0 Å². The molecule has 3 nitrogen and oxygen atoms in total. The summed E-state index contributed by atoms with van der Waals surface area (Å²) in [7, 11) is 0. The molecular weight excluding hydrogens is 188 g/mol. The van der Waals surface area contributed by atoms with E-state index in [2.05, 4.69) is 23.0 Å². The third kappa shape index (κ3) is 1.73. The number of rotatable bonds is 1. The van der Waals surface area contributed by atoms with Crippen molar-refractivity contribution in [2.45, 2.75) is 20.8 Å². The Bertz CT molecular complexity index is 549. The number of imidazole rings is 1. The Morgan fingerprint density at radius 3 is 2.33 bits per heavy atom. The van der Waals surface area contributed by atoms with Crippen molar-refractivity contribution in [1.29, 1.82) is 0 Å². The van der Waals surface area contributed by atoms with Crippen LogP contribution in [0.1, 0.15) is 16.8 Å². The second-order valence-electron chi connectivity index (χ2n) is 3.90. The van der Waals surface area contributed by atoms with Crippen LogP contribution in [0.4, 0.5) is 0 Å². The molecule has 0 aliphatic carbocycles. The smallest absolute Gasteiger partial charge is 0.310 e. The summed E-state index contributed by atoms with van der Waals surface area (Å²) in [6.45, 7) is 6.00. The highest BCUT2D eigenvalue weighted by Crippen LogP contribution is 2.23. The normalized spacial score (nSPS) is 10.6. The topological polar surface area (TPSA) is 48.6 Å². The highest BCUT2D eigenvalue weighted by atomic mass is 16.1. The molecule has 78 valence electrons. The van der Waals surface area contributed by atoms with Crippen molar-refractivity contribution in [1.82, 2.24) is 9.97 Å². The van der Waals surface area contributed by atoms with Gasteiger partial charge in [0.25, 0.3) is 0 Å². The lowest BCUT2D eigenvalue weighted by atomic mass is 10.0. The summed E-state index contributed by atoms with van der Waals surface area (Å²) in [6.07, 6.45) is 0. The quantitative estimate of drug-likeness (QED) is 0.732. The largest absolute Gasteiger partial charge is 0.323 e.